The monoisotopic (exact) mass is 338 g/mol. The van der Waals surface area contributed by atoms with Crippen molar-refractivity contribution in [3.63, 3.8) is 0 Å². The van der Waals surface area contributed by atoms with E-state index >= 15 is 0 Å². The second-order valence-corrected chi connectivity index (χ2v) is 6.98. The van der Waals surface area contributed by atoms with Gasteiger partial charge < -0.3 is 4.90 Å². The summed E-state index contributed by atoms with van der Waals surface area (Å²) in [7, 11) is 1.85. The molecule has 0 saturated carbocycles. The minimum Gasteiger partial charge on any atom is -0.314 e. The number of carbonyl (C=O) groups excluding carboxylic acids is 1. The van der Waals surface area contributed by atoms with Gasteiger partial charge in [0.05, 0.1) is 11.4 Å². The van der Waals surface area contributed by atoms with Gasteiger partial charge in [0.1, 0.15) is 5.41 Å². The maximum absolute atomic E-state index is 13.7. The third kappa shape index (κ3) is 1.72. The molecule has 26 heavy (non-hydrogen) atoms. The van der Waals surface area contributed by atoms with Gasteiger partial charge in [0, 0.05) is 23.9 Å². The standard InChI is InChI=1S/C23H18N2O/c1-15-12-13-17-19(14-15)24-21(16-8-4-3-5-9-16)23(17)18-10-6-7-11-20(18)25(2)22(23)26/h3-14H,1-2H3/t23-/m0/s1. The number of rotatable bonds is 1. The van der Waals surface area contributed by atoms with E-state index in [0.717, 1.165) is 39.3 Å². The molecule has 0 bridgehead atoms. The summed E-state index contributed by atoms with van der Waals surface area (Å²) in [6.07, 6.45) is 0. The topological polar surface area (TPSA) is 32.7 Å². The molecule has 0 fully saturated rings. The minimum atomic E-state index is -0.865. The highest BCUT2D eigenvalue weighted by Gasteiger charge is 2.58. The van der Waals surface area contributed by atoms with Crippen molar-refractivity contribution < 1.29 is 4.79 Å². The highest BCUT2D eigenvalue weighted by molar-refractivity contribution is 6.33. The van der Waals surface area contributed by atoms with Crippen molar-refractivity contribution in [3.05, 3.63) is 95.1 Å². The van der Waals surface area contributed by atoms with Crippen molar-refractivity contribution >= 4 is 23.0 Å². The maximum atomic E-state index is 13.7. The Bertz CT molecular complexity index is 1080. The van der Waals surface area contributed by atoms with Gasteiger partial charge in [0.2, 0.25) is 5.91 Å². The van der Waals surface area contributed by atoms with E-state index in [4.69, 9.17) is 4.99 Å². The summed E-state index contributed by atoms with van der Waals surface area (Å²) in [6.45, 7) is 2.06. The van der Waals surface area contributed by atoms with E-state index in [2.05, 4.69) is 31.2 Å². The van der Waals surface area contributed by atoms with E-state index in [9.17, 15) is 4.79 Å². The number of amides is 1. The molecular formula is C23H18N2O. The summed E-state index contributed by atoms with van der Waals surface area (Å²) in [5.74, 6) is 0.0592. The van der Waals surface area contributed by atoms with Crippen LogP contribution in [0.4, 0.5) is 11.4 Å². The fourth-order valence-electron chi connectivity index (χ4n) is 4.31. The fourth-order valence-corrected chi connectivity index (χ4v) is 4.31. The van der Waals surface area contributed by atoms with Crippen molar-refractivity contribution in [3.8, 4) is 0 Å². The lowest BCUT2D eigenvalue weighted by molar-refractivity contribution is -0.119. The molecule has 1 spiro atoms. The molecule has 0 unspecified atom stereocenters. The number of aryl methyl sites for hydroxylation is 1. The van der Waals surface area contributed by atoms with Gasteiger partial charge in [-0.1, -0.05) is 60.7 Å². The van der Waals surface area contributed by atoms with Crippen molar-refractivity contribution in [2.24, 2.45) is 4.99 Å². The van der Waals surface area contributed by atoms with Gasteiger partial charge in [0.15, 0.2) is 0 Å². The van der Waals surface area contributed by atoms with E-state index in [-0.39, 0.29) is 5.91 Å². The molecule has 3 heteroatoms. The molecule has 2 aliphatic heterocycles. The Balaban J connectivity index is 1.90. The van der Waals surface area contributed by atoms with Crippen LogP contribution >= 0.6 is 0 Å². The van der Waals surface area contributed by atoms with Crippen molar-refractivity contribution in [2.75, 3.05) is 11.9 Å². The third-order valence-corrected chi connectivity index (χ3v) is 5.49. The molecule has 3 nitrogen and oxygen atoms in total. The second kappa shape index (κ2) is 5.15. The average Bonchev–Trinajstić information content (AvgIpc) is 3.12. The number of likely N-dealkylation sites (N-methyl/N-ethyl adjacent to an activating group) is 1. The molecule has 0 radical (unpaired) electrons. The number of benzene rings is 3. The van der Waals surface area contributed by atoms with E-state index in [1.54, 1.807) is 4.90 Å². The lowest BCUT2D eigenvalue weighted by atomic mass is 9.71. The summed E-state index contributed by atoms with van der Waals surface area (Å²) in [6, 6.07) is 24.3. The summed E-state index contributed by atoms with van der Waals surface area (Å²) in [5.41, 5.74) is 5.91. The molecule has 1 amide bonds. The number of nitrogens with zero attached hydrogens (tertiary/aromatic N) is 2. The molecule has 1 atom stereocenters. The van der Waals surface area contributed by atoms with Gasteiger partial charge in [-0.3, -0.25) is 9.79 Å². The predicted octanol–water partition coefficient (Wildman–Crippen LogP) is 4.39. The van der Waals surface area contributed by atoms with Crippen LogP contribution in [0.15, 0.2) is 77.8 Å². The van der Waals surface area contributed by atoms with Gasteiger partial charge in [-0.15, -0.1) is 0 Å². The highest BCUT2D eigenvalue weighted by atomic mass is 16.2. The first-order chi connectivity index (χ1) is 12.6. The van der Waals surface area contributed by atoms with E-state index < -0.39 is 5.41 Å². The molecule has 126 valence electrons. The van der Waals surface area contributed by atoms with Crippen LogP contribution in [0.2, 0.25) is 0 Å². The van der Waals surface area contributed by atoms with Crippen LogP contribution in [0, 0.1) is 6.92 Å². The van der Waals surface area contributed by atoms with E-state index in [1.165, 1.54) is 0 Å². The largest absolute Gasteiger partial charge is 0.314 e. The normalized spacial score (nSPS) is 20.3. The molecule has 3 aromatic rings. The Hall–Kier alpha value is -3.20. The van der Waals surface area contributed by atoms with Crippen LogP contribution in [-0.2, 0) is 10.2 Å². The molecule has 2 aliphatic rings. The first kappa shape index (κ1) is 15.1. The summed E-state index contributed by atoms with van der Waals surface area (Å²) in [4.78, 5) is 20.4. The van der Waals surface area contributed by atoms with Crippen molar-refractivity contribution in [1.82, 2.24) is 0 Å². The highest BCUT2D eigenvalue weighted by Crippen LogP contribution is 2.54. The molecule has 0 saturated heterocycles. The van der Waals surface area contributed by atoms with Crippen LogP contribution in [0.25, 0.3) is 0 Å². The number of carbonyl (C=O) groups is 1. The lowest BCUT2D eigenvalue weighted by Crippen LogP contribution is -2.44. The molecule has 3 aromatic carbocycles. The molecule has 2 heterocycles. The first-order valence-electron chi connectivity index (χ1n) is 8.77. The molecular weight excluding hydrogens is 320 g/mol. The van der Waals surface area contributed by atoms with Gasteiger partial charge in [-0.05, 0) is 30.2 Å². The summed E-state index contributed by atoms with van der Waals surface area (Å²) >= 11 is 0. The number of fused-ring (bicyclic) bond motifs is 4. The zero-order valence-corrected chi connectivity index (χ0v) is 14.7. The smallest absolute Gasteiger partial charge is 0.248 e. The van der Waals surface area contributed by atoms with E-state index in [0.29, 0.717) is 0 Å². The van der Waals surface area contributed by atoms with Gasteiger partial charge in [-0.25, -0.2) is 0 Å². The maximum Gasteiger partial charge on any atom is 0.248 e. The quantitative estimate of drug-likeness (QED) is 0.647. The second-order valence-electron chi connectivity index (χ2n) is 6.98. The molecule has 5 rings (SSSR count). The van der Waals surface area contributed by atoms with Gasteiger partial charge in [0.25, 0.3) is 0 Å². The number of hydrogen-bond acceptors (Lipinski definition) is 2. The Morgan fingerprint density at radius 2 is 1.62 bits per heavy atom. The zero-order valence-electron chi connectivity index (χ0n) is 14.7. The Labute approximate surface area is 152 Å². The molecule has 0 aliphatic carbocycles. The average molecular weight is 338 g/mol. The van der Waals surface area contributed by atoms with Crippen LogP contribution < -0.4 is 4.90 Å². The Morgan fingerprint density at radius 1 is 0.885 bits per heavy atom. The van der Waals surface area contributed by atoms with Crippen LogP contribution in [0.1, 0.15) is 22.3 Å². The zero-order chi connectivity index (χ0) is 17.9. The minimum absolute atomic E-state index is 0.0592. The molecule has 0 aromatic heterocycles. The Morgan fingerprint density at radius 3 is 2.42 bits per heavy atom. The summed E-state index contributed by atoms with van der Waals surface area (Å²) < 4.78 is 0. The van der Waals surface area contributed by atoms with Gasteiger partial charge >= 0.3 is 0 Å². The van der Waals surface area contributed by atoms with Crippen LogP contribution in [0.5, 0.6) is 0 Å². The lowest BCUT2D eigenvalue weighted by Gasteiger charge is -2.26. The van der Waals surface area contributed by atoms with Crippen molar-refractivity contribution in [2.45, 2.75) is 12.3 Å². The summed E-state index contributed by atoms with van der Waals surface area (Å²) in [5, 5.41) is 0. The number of para-hydroxylation sites is 1. The number of anilines is 1. The van der Waals surface area contributed by atoms with Gasteiger partial charge in [-0.2, -0.15) is 0 Å². The SMILES string of the molecule is Cc1ccc2c(c1)N=C(c1ccccc1)[C@]21C(=O)N(C)c2ccccc21. The molecule has 0 N–H and O–H groups in total. The van der Waals surface area contributed by atoms with Crippen LogP contribution in [0.3, 0.4) is 0 Å². The fraction of sp³-hybridized carbons (Fsp3) is 0.130. The Kier molecular flexibility index (Phi) is 2.99. The number of aliphatic imine (C=N–C) groups is 1. The predicted molar refractivity (Wildman–Crippen MR) is 104 cm³/mol. The first-order valence-corrected chi connectivity index (χ1v) is 8.77. The third-order valence-electron chi connectivity index (χ3n) is 5.49. The van der Waals surface area contributed by atoms with Crippen LogP contribution in [-0.4, -0.2) is 18.7 Å². The van der Waals surface area contributed by atoms with Crippen molar-refractivity contribution in [1.29, 1.82) is 0 Å². The van der Waals surface area contributed by atoms with E-state index in [1.807, 2.05) is 55.6 Å². The number of hydrogen-bond donors (Lipinski definition) is 0.